The van der Waals surface area contributed by atoms with Crippen LogP contribution in [-0.2, 0) is 11.3 Å². The van der Waals surface area contributed by atoms with Crippen molar-refractivity contribution in [2.45, 2.75) is 26.3 Å². The van der Waals surface area contributed by atoms with Crippen molar-refractivity contribution in [3.63, 3.8) is 0 Å². The zero-order valence-corrected chi connectivity index (χ0v) is 13.7. The number of benzene rings is 1. The minimum atomic E-state index is -0.0723. The molecule has 0 saturated carbocycles. The van der Waals surface area contributed by atoms with E-state index >= 15 is 0 Å². The number of amides is 2. The molecule has 2 heterocycles. The Bertz CT molecular complexity index is 703. The van der Waals surface area contributed by atoms with Crippen LogP contribution in [0.4, 0.5) is 0 Å². The van der Waals surface area contributed by atoms with E-state index in [0.717, 1.165) is 5.56 Å². The molecule has 0 radical (unpaired) electrons. The zero-order valence-electron chi connectivity index (χ0n) is 13.7. The Morgan fingerprint density at radius 3 is 2.58 bits per heavy atom. The Hall–Kier alpha value is -2.63. The number of hydrogen-bond donors (Lipinski definition) is 1. The number of aromatic nitrogens is 1. The van der Waals surface area contributed by atoms with Crippen LogP contribution in [0.5, 0.6) is 0 Å². The number of rotatable bonds is 4. The fourth-order valence-electron chi connectivity index (χ4n) is 2.95. The lowest BCUT2D eigenvalue weighted by atomic mass is 9.95. The van der Waals surface area contributed by atoms with Crippen LogP contribution in [0.25, 0.3) is 0 Å². The van der Waals surface area contributed by atoms with Gasteiger partial charge in [-0.1, -0.05) is 35.5 Å². The molecule has 1 aromatic carbocycles. The quantitative estimate of drug-likeness (QED) is 0.933. The largest absolute Gasteiger partial charge is 0.361 e. The van der Waals surface area contributed by atoms with Gasteiger partial charge in [0, 0.05) is 25.6 Å². The molecule has 0 aliphatic carbocycles. The van der Waals surface area contributed by atoms with Crippen LogP contribution in [0.3, 0.4) is 0 Å². The molecule has 1 saturated heterocycles. The lowest BCUT2D eigenvalue weighted by molar-refractivity contribution is -0.126. The summed E-state index contributed by atoms with van der Waals surface area (Å²) in [6, 6.07) is 9.84. The molecule has 1 fully saturated rings. The van der Waals surface area contributed by atoms with E-state index in [0.29, 0.717) is 43.8 Å². The van der Waals surface area contributed by atoms with Gasteiger partial charge >= 0.3 is 0 Å². The molecular formula is C18H21N3O3. The van der Waals surface area contributed by atoms with Gasteiger partial charge < -0.3 is 14.7 Å². The highest BCUT2D eigenvalue weighted by atomic mass is 16.5. The highest BCUT2D eigenvalue weighted by molar-refractivity contribution is 5.95. The molecule has 6 nitrogen and oxygen atoms in total. The van der Waals surface area contributed by atoms with Gasteiger partial charge in [0.2, 0.25) is 5.91 Å². The molecule has 126 valence electrons. The molecule has 0 atom stereocenters. The van der Waals surface area contributed by atoms with Crippen LogP contribution in [0, 0.1) is 12.8 Å². The lowest BCUT2D eigenvalue weighted by Crippen LogP contribution is -2.43. The molecule has 2 amide bonds. The summed E-state index contributed by atoms with van der Waals surface area (Å²) < 4.78 is 4.95. The maximum Gasteiger partial charge on any atom is 0.259 e. The van der Waals surface area contributed by atoms with Crippen molar-refractivity contribution in [3.8, 4) is 0 Å². The van der Waals surface area contributed by atoms with Crippen molar-refractivity contribution in [1.82, 2.24) is 15.4 Å². The van der Waals surface area contributed by atoms with Gasteiger partial charge in [0.1, 0.15) is 11.3 Å². The van der Waals surface area contributed by atoms with Gasteiger partial charge in [0.05, 0.1) is 6.20 Å². The van der Waals surface area contributed by atoms with Crippen molar-refractivity contribution in [1.29, 1.82) is 0 Å². The van der Waals surface area contributed by atoms with Crippen molar-refractivity contribution < 1.29 is 14.1 Å². The fourth-order valence-corrected chi connectivity index (χ4v) is 2.95. The minimum absolute atomic E-state index is 0.0404. The van der Waals surface area contributed by atoms with E-state index in [1.165, 1.54) is 6.20 Å². The zero-order chi connectivity index (χ0) is 16.9. The summed E-state index contributed by atoms with van der Waals surface area (Å²) in [7, 11) is 0. The highest BCUT2D eigenvalue weighted by Crippen LogP contribution is 2.20. The fraction of sp³-hybridized carbons (Fsp3) is 0.389. The SMILES string of the molecule is Cc1oncc1C(=O)N1CCC(C(=O)NCc2ccccc2)CC1. The monoisotopic (exact) mass is 327 g/mol. The van der Waals surface area contributed by atoms with E-state index in [9.17, 15) is 9.59 Å². The Kier molecular flexibility index (Phi) is 4.93. The molecule has 0 unspecified atom stereocenters. The molecule has 1 aliphatic rings. The van der Waals surface area contributed by atoms with Gasteiger partial charge in [-0.3, -0.25) is 9.59 Å². The second kappa shape index (κ2) is 7.29. The number of nitrogens with zero attached hydrogens (tertiary/aromatic N) is 2. The lowest BCUT2D eigenvalue weighted by Gasteiger charge is -2.31. The minimum Gasteiger partial charge on any atom is -0.361 e. The number of nitrogens with one attached hydrogen (secondary N) is 1. The van der Waals surface area contributed by atoms with Gasteiger partial charge in [-0.15, -0.1) is 0 Å². The predicted molar refractivity (Wildman–Crippen MR) is 88.2 cm³/mol. The third-order valence-corrected chi connectivity index (χ3v) is 4.44. The second-order valence-electron chi connectivity index (χ2n) is 6.07. The Balaban J connectivity index is 1.49. The van der Waals surface area contributed by atoms with Crippen LogP contribution in [-0.4, -0.2) is 35.0 Å². The molecule has 1 aliphatic heterocycles. The average Bonchev–Trinajstić information content (AvgIpc) is 3.06. The summed E-state index contributed by atoms with van der Waals surface area (Å²) in [6.07, 6.45) is 2.81. The molecule has 24 heavy (non-hydrogen) atoms. The molecule has 1 aromatic heterocycles. The van der Waals surface area contributed by atoms with Crippen LogP contribution in [0.15, 0.2) is 41.1 Å². The Labute approximate surface area is 140 Å². The second-order valence-corrected chi connectivity index (χ2v) is 6.07. The Morgan fingerprint density at radius 2 is 1.96 bits per heavy atom. The van der Waals surface area contributed by atoms with E-state index < -0.39 is 0 Å². The topological polar surface area (TPSA) is 75.4 Å². The summed E-state index contributed by atoms with van der Waals surface area (Å²) in [5.41, 5.74) is 1.59. The summed E-state index contributed by atoms with van der Waals surface area (Å²) in [6.45, 7) is 3.42. The molecule has 1 N–H and O–H groups in total. The summed E-state index contributed by atoms with van der Waals surface area (Å²) in [4.78, 5) is 26.4. The van der Waals surface area contributed by atoms with Crippen LogP contribution < -0.4 is 5.32 Å². The maximum absolute atomic E-state index is 12.4. The van der Waals surface area contributed by atoms with Crippen molar-refractivity contribution in [3.05, 3.63) is 53.4 Å². The smallest absolute Gasteiger partial charge is 0.259 e. The standard InChI is InChI=1S/C18H21N3O3/c1-13-16(12-20-24-13)18(23)21-9-7-15(8-10-21)17(22)19-11-14-5-3-2-4-6-14/h2-6,12,15H,7-11H2,1H3,(H,19,22). The predicted octanol–water partition coefficient (Wildman–Crippen LogP) is 2.15. The third kappa shape index (κ3) is 3.64. The van der Waals surface area contributed by atoms with Crippen molar-refractivity contribution in [2.75, 3.05) is 13.1 Å². The molecular weight excluding hydrogens is 306 g/mol. The highest BCUT2D eigenvalue weighted by Gasteiger charge is 2.29. The van der Waals surface area contributed by atoms with Crippen LogP contribution >= 0.6 is 0 Å². The Morgan fingerprint density at radius 1 is 1.25 bits per heavy atom. The molecule has 2 aromatic rings. The van der Waals surface area contributed by atoms with Gasteiger partial charge in [0.15, 0.2) is 0 Å². The van der Waals surface area contributed by atoms with E-state index in [1.807, 2.05) is 30.3 Å². The van der Waals surface area contributed by atoms with Gasteiger partial charge in [-0.25, -0.2) is 0 Å². The first-order valence-electron chi connectivity index (χ1n) is 8.17. The molecule has 0 spiro atoms. The van der Waals surface area contributed by atoms with Crippen LogP contribution in [0.1, 0.15) is 34.5 Å². The number of likely N-dealkylation sites (tertiary alicyclic amines) is 1. The number of hydrogen-bond acceptors (Lipinski definition) is 4. The third-order valence-electron chi connectivity index (χ3n) is 4.44. The van der Waals surface area contributed by atoms with Crippen LogP contribution in [0.2, 0.25) is 0 Å². The maximum atomic E-state index is 12.4. The number of carbonyl (C=O) groups is 2. The summed E-state index contributed by atoms with van der Waals surface area (Å²) in [5, 5.41) is 6.63. The van der Waals surface area contributed by atoms with E-state index in [1.54, 1.807) is 11.8 Å². The average molecular weight is 327 g/mol. The summed E-state index contributed by atoms with van der Waals surface area (Å²) >= 11 is 0. The van der Waals surface area contributed by atoms with Gasteiger partial charge in [-0.05, 0) is 25.3 Å². The van der Waals surface area contributed by atoms with E-state index in [-0.39, 0.29) is 17.7 Å². The first kappa shape index (κ1) is 16.2. The van der Waals surface area contributed by atoms with Crippen molar-refractivity contribution in [2.24, 2.45) is 5.92 Å². The molecule has 0 bridgehead atoms. The first-order chi connectivity index (χ1) is 11.6. The summed E-state index contributed by atoms with van der Waals surface area (Å²) in [5.74, 6) is 0.480. The van der Waals surface area contributed by atoms with Gasteiger partial charge in [0.25, 0.3) is 5.91 Å². The van der Waals surface area contributed by atoms with Gasteiger partial charge in [-0.2, -0.15) is 0 Å². The number of aryl methyl sites for hydroxylation is 1. The van der Waals surface area contributed by atoms with Crippen molar-refractivity contribution >= 4 is 11.8 Å². The van der Waals surface area contributed by atoms with E-state index in [4.69, 9.17) is 4.52 Å². The number of carbonyl (C=O) groups excluding carboxylic acids is 2. The molecule has 3 rings (SSSR count). The normalized spacial score (nSPS) is 15.3. The number of piperidine rings is 1. The molecule has 6 heteroatoms. The first-order valence-corrected chi connectivity index (χ1v) is 8.17. The van der Waals surface area contributed by atoms with E-state index in [2.05, 4.69) is 10.5 Å².